The van der Waals surface area contributed by atoms with E-state index in [9.17, 15) is 4.79 Å². The fourth-order valence-electron chi connectivity index (χ4n) is 2.82. The summed E-state index contributed by atoms with van der Waals surface area (Å²) in [5, 5.41) is 9.43. The monoisotopic (exact) mass is 329 g/mol. The average Bonchev–Trinajstić information content (AvgIpc) is 2.98. The van der Waals surface area contributed by atoms with Gasteiger partial charge in [-0.25, -0.2) is 4.98 Å². The molecule has 0 bridgehead atoms. The van der Waals surface area contributed by atoms with Crippen molar-refractivity contribution in [3.63, 3.8) is 0 Å². The number of piperidine rings is 1. The number of carbonyl (C=O) groups excluding carboxylic acids is 1. The quantitative estimate of drug-likeness (QED) is 0.907. The minimum Gasteiger partial charge on any atom is -0.351 e. The molecule has 2 atom stereocenters. The molecule has 2 heterocycles. The largest absolute Gasteiger partial charge is 0.351 e. The standard InChI is InChI=1S/C18H23N3OS/c1-12-3-5-14(6-4-12)18-20-15(11-23-18)9-17(22)21-16-10-19-8-7-13(16)2/h3-6,11,13,16,19H,7-10H2,1-2H3,(H,21,22). The van der Waals surface area contributed by atoms with Gasteiger partial charge in [0.25, 0.3) is 0 Å². The molecule has 1 fully saturated rings. The van der Waals surface area contributed by atoms with E-state index in [0.717, 1.165) is 35.8 Å². The number of benzene rings is 1. The summed E-state index contributed by atoms with van der Waals surface area (Å²) in [7, 11) is 0. The minimum atomic E-state index is 0.0614. The maximum atomic E-state index is 12.2. The molecule has 0 saturated carbocycles. The molecule has 1 aromatic carbocycles. The predicted molar refractivity (Wildman–Crippen MR) is 94.6 cm³/mol. The predicted octanol–water partition coefficient (Wildman–Crippen LogP) is 2.78. The van der Waals surface area contributed by atoms with Gasteiger partial charge in [0, 0.05) is 23.5 Å². The van der Waals surface area contributed by atoms with Crippen molar-refractivity contribution in [1.82, 2.24) is 15.6 Å². The molecule has 1 aliphatic heterocycles. The molecular formula is C18H23N3OS. The van der Waals surface area contributed by atoms with Crippen molar-refractivity contribution >= 4 is 17.2 Å². The summed E-state index contributed by atoms with van der Waals surface area (Å²) in [4.78, 5) is 16.8. The zero-order valence-electron chi connectivity index (χ0n) is 13.6. The highest BCUT2D eigenvalue weighted by molar-refractivity contribution is 7.13. The van der Waals surface area contributed by atoms with Crippen LogP contribution in [0.15, 0.2) is 29.6 Å². The van der Waals surface area contributed by atoms with E-state index in [-0.39, 0.29) is 11.9 Å². The smallest absolute Gasteiger partial charge is 0.226 e. The van der Waals surface area contributed by atoms with Gasteiger partial charge >= 0.3 is 0 Å². The Kier molecular flexibility index (Phi) is 5.08. The van der Waals surface area contributed by atoms with E-state index in [2.05, 4.69) is 53.7 Å². The molecular weight excluding hydrogens is 306 g/mol. The summed E-state index contributed by atoms with van der Waals surface area (Å²) >= 11 is 1.59. The highest BCUT2D eigenvalue weighted by Crippen LogP contribution is 2.24. The summed E-state index contributed by atoms with van der Waals surface area (Å²) < 4.78 is 0. The van der Waals surface area contributed by atoms with Crippen LogP contribution in [0.5, 0.6) is 0 Å². The summed E-state index contributed by atoms with van der Waals surface area (Å²) in [6.45, 7) is 6.17. The van der Waals surface area contributed by atoms with Gasteiger partial charge in [-0.15, -0.1) is 11.3 Å². The first-order chi connectivity index (χ1) is 11.1. The first-order valence-electron chi connectivity index (χ1n) is 8.13. The Balaban J connectivity index is 1.60. The molecule has 0 spiro atoms. The second-order valence-electron chi connectivity index (χ2n) is 6.33. The van der Waals surface area contributed by atoms with Gasteiger partial charge < -0.3 is 10.6 Å². The lowest BCUT2D eigenvalue weighted by molar-refractivity contribution is -0.121. The molecule has 1 amide bonds. The van der Waals surface area contributed by atoms with Crippen LogP contribution in [0.2, 0.25) is 0 Å². The van der Waals surface area contributed by atoms with E-state index in [1.165, 1.54) is 5.56 Å². The van der Waals surface area contributed by atoms with Crippen molar-refractivity contribution < 1.29 is 4.79 Å². The lowest BCUT2D eigenvalue weighted by Crippen LogP contribution is -2.50. The number of rotatable bonds is 4. The van der Waals surface area contributed by atoms with E-state index in [4.69, 9.17) is 0 Å². The summed E-state index contributed by atoms with van der Waals surface area (Å²) in [6.07, 6.45) is 1.46. The molecule has 1 aromatic heterocycles. The third kappa shape index (κ3) is 4.18. The molecule has 0 radical (unpaired) electrons. The van der Waals surface area contributed by atoms with Gasteiger partial charge in [-0.1, -0.05) is 36.8 Å². The Morgan fingerprint density at radius 1 is 1.39 bits per heavy atom. The number of amides is 1. The minimum absolute atomic E-state index is 0.0614. The van der Waals surface area contributed by atoms with Crippen molar-refractivity contribution in [3.8, 4) is 10.6 Å². The molecule has 2 aromatic rings. The number of aromatic nitrogens is 1. The SMILES string of the molecule is Cc1ccc(-c2nc(CC(=O)NC3CNCCC3C)cs2)cc1. The summed E-state index contributed by atoms with van der Waals surface area (Å²) in [5.74, 6) is 0.588. The van der Waals surface area contributed by atoms with Gasteiger partial charge in [-0.2, -0.15) is 0 Å². The molecule has 23 heavy (non-hydrogen) atoms. The number of nitrogens with one attached hydrogen (secondary N) is 2. The molecule has 122 valence electrons. The van der Waals surface area contributed by atoms with Crippen LogP contribution in [0.25, 0.3) is 10.6 Å². The molecule has 5 heteroatoms. The zero-order chi connectivity index (χ0) is 16.2. The molecule has 1 saturated heterocycles. The number of thiazole rings is 1. The van der Waals surface area contributed by atoms with Gasteiger partial charge in [0.15, 0.2) is 0 Å². The molecule has 3 rings (SSSR count). The molecule has 0 aliphatic carbocycles. The lowest BCUT2D eigenvalue weighted by Gasteiger charge is -2.30. The first-order valence-corrected chi connectivity index (χ1v) is 9.01. The highest BCUT2D eigenvalue weighted by Gasteiger charge is 2.22. The number of carbonyl (C=O) groups is 1. The van der Waals surface area contributed by atoms with Gasteiger partial charge in [0.05, 0.1) is 12.1 Å². The van der Waals surface area contributed by atoms with Crippen molar-refractivity contribution in [2.75, 3.05) is 13.1 Å². The van der Waals surface area contributed by atoms with E-state index >= 15 is 0 Å². The number of hydrogen-bond acceptors (Lipinski definition) is 4. The van der Waals surface area contributed by atoms with Crippen LogP contribution in [0, 0.1) is 12.8 Å². The molecule has 4 nitrogen and oxygen atoms in total. The normalized spacial score (nSPS) is 21.1. The van der Waals surface area contributed by atoms with Crippen LogP contribution in [0.1, 0.15) is 24.6 Å². The van der Waals surface area contributed by atoms with Gasteiger partial charge in [-0.05, 0) is 25.8 Å². The van der Waals surface area contributed by atoms with Crippen LogP contribution in [0.4, 0.5) is 0 Å². The van der Waals surface area contributed by atoms with Crippen LogP contribution >= 0.6 is 11.3 Å². The Morgan fingerprint density at radius 2 is 2.17 bits per heavy atom. The number of nitrogens with zero attached hydrogens (tertiary/aromatic N) is 1. The van der Waals surface area contributed by atoms with Crippen molar-refractivity contribution in [3.05, 3.63) is 40.9 Å². The maximum Gasteiger partial charge on any atom is 0.226 e. The van der Waals surface area contributed by atoms with Crippen molar-refractivity contribution in [2.45, 2.75) is 32.7 Å². The number of aryl methyl sites for hydroxylation is 1. The van der Waals surface area contributed by atoms with Crippen molar-refractivity contribution in [1.29, 1.82) is 0 Å². The van der Waals surface area contributed by atoms with Crippen LogP contribution < -0.4 is 10.6 Å². The second-order valence-corrected chi connectivity index (χ2v) is 7.19. The Hall–Kier alpha value is -1.72. The van der Waals surface area contributed by atoms with E-state index < -0.39 is 0 Å². The average molecular weight is 329 g/mol. The van der Waals surface area contributed by atoms with E-state index in [1.54, 1.807) is 11.3 Å². The second kappa shape index (κ2) is 7.23. The van der Waals surface area contributed by atoms with Gasteiger partial charge in [-0.3, -0.25) is 4.79 Å². The Labute approximate surface area is 141 Å². The van der Waals surface area contributed by atoms with Crippen LogP contribution in [-0.2, 0) is 11.2 Å². The first kappa shape index (κ1) is 16.1. The summed E-state index contributed by atoms with van der Waals surface area (Å²) in [6, 6.07) is 8.55. The molecule has 1 aliphatic rings. The lowest BCUT2D eigenvalue weighted by atomic mass is 9.95. The Morgan fingerprint density at radius 3 is 2.91 bits per heavy atom. The summed E-state index contributed by atoms with van der Waals surface area (Å²) in [5.41, 5.74) is 3.19. The molecule has 2 N–H and O–H groups in total. The van der Waals surface area contributed by atoms with E-state index in [1.807, 2.05) is 5.38 Å². The number of hydrogen-bond donors (Lipinski definition) is 2. The molecule has 2 unspecified atom stereocenters. The zero-order valence-corrected chi connectivity index (χ0v) is 14.5. The van der Waals surface area contributed by atoms with E-state index in [0.29, 0.717) is 12.3 Å². The van der Waals surface area contributed by atoms with Crippen LogP contribution in [0.3, 0.4) is 0 Å². The van der Waals surface area contributed by atoms with Crippen molar-refractivity contribution in [2.24, 2.45) is 5.92 Å². The fraction of sp³-hybridized carbons (Fsp3) is 0.444. The topological polar surface area (TPSA) is 54.0 Å². The van der Waals surface area contributed by atoms with Gasteiger partial charge in [0.1, 0.15) is 5.01 Å². The van der Waals surface area contributed by atoms with Crippen LogP contribution in [-0.4, -0.2) is 30.0 Å². The Bertz CT molecular complexity index is 665. The highest BCUT2D eigenvalue weighted by atomic mass is 32.1. The third-order valence-electron chi connectivity index (χ3n) is 4.37. The van der Waals surface area contributed by atoms with Gasteiger partial charge in [0.2, 0.25) is 5.91 Å². The maximum absolute atomic E-state index is 12.2. The fourth-order valence-corrected chi connectivity index (χ4v) is 3.65. The third-order valence-corrected chi connectivity index (χ3v) is 5.31.